The molecular weight excluding hydrogens is 316 g/mol. The van der Waals surface area contributed by atoms with Crippen molar-refractivity contribution in [1.82, 2.24) is 10.2 Å². The summed E-state index contributed by atoms with van der Waals surface area (Å²) in [5.74, 6) is 0.0536. The zero-order valence-electron chi connectivity index (χ0n) is 14.1. The molecule has 0 bridgehead atoms. The maximum absolute atomic E-state index is 12.3. The summed E-state index contributed by atoms with van der Waals surface area (Å²) in [4.78, 5) is 25.8. The van der Waals surface area contributed by atoms with Crippen LogP contribution >= 0.6 is 0 Å². The van der Waals surface area contributed by atoms with Crippen molar-refractivity contribution in [3.8, 4) is 0 Å². The first-order chi connectivity index (χ1) is 12.2. The van der Waals surface area contributed by atoms with E-state index in [4.69, 9.17) is 4.74 Å². The minimum Gasteiger partial charge on any atom is -0.445 e. The first kappa shape index (κ1) is 17.0. The van der Waals surface area contributed by atoms with Gasteiger partial charge in [-0.15, -0.1) is 0 Å². The van der Waals surface area contributed by atoms with E-state index < -0.39 is 6.09 Å². The zero-order valence-corrected chi connectivity index (χ0v) is 14.1. The van der Waals surface area contributed by atoms with Crippen molar-refractivity contribution in [2.24, 2.45) is 0 Å². The lowest BCUT2D eigenvalue weighted by molar-refractivity contribution is -0.131. The Kier molecular flexibility index (Phi) is 5.67. The number of amides is 2. The molecule has 1 heterocycles. The third kappa shape index (κ3) is 4.83. The van der Waals surface area contributed by atoms with E-state index in [0.717, 1.165) is 18.5 Å². The minimum atomic E-state index is -0.499. The lowest BCUT2D eigenvalue weighted by Gasteiger charge is -2.29. The molecule has 0 saturated carbocycles. The van der Waals surface area contributed by atoms with Gasteiger partial charge in [0, 0.05) is 26.1 Å². The third-order valence-electron chi connectivity index (χ3n) is 4.30. The number of benzene rings is 2. The van der Waals surface area contributed by atoms with Crippen molar-refractivity contribution in [2.45, 2.75) is 26.0 Å². The Morgan fingerprint density at radius 2 is 1.72 bits per heavy atom. The second-order valence-electron chi connectivity index (χ2n) is 6.07. The number of nitrogens with one attached hydrogen (secondary N) is 1. The van der Waals surface area contributed by atoms with Crippen LogP contribution in [0, 0.1) is 0 Å². The quantitative estimate of drug-likeness (QED) is 0.912. The van der Waals surface area contributed by atoms with Crippen molar-refractivity contribution < 1.29 is 14.3 Å². The monoisotopic (exact) mass is 338 g/mol. The van der Waals surface area contributed by atoms with Gasteiger partial charge in [0.1, 0.15) is 6.61 Å². The fourth-order valence-electron chi connectivity index (χ4n) is 2.91. The van der Waals surface area contributed by atoms with E-state index >= 15 is 0 Å². The summed E-state index contributed by atoms with van der Waals surface area (Å²) in [5.41, 5.74) is 3.45. The molecule has 0 saturated heterocycles. The second-order valence-corrected chi connectivity index (χ2v) is 6.07. The van der Waals surface area contributed by atoms with Crippen LogP contribution in [-0.4, -0.2) is 30.0 Å². The average Bonchev–Trinajstić information content (AvgIpc) is 2.66. The molecule has 0 spiro atoms. The van der Waals surface area contributed by atoms with E-state index in [-0.39, 0.29) is 25.5 Å². The zero-order chi connectivity index (χ0) is 17.5. The fraction of sp³-hybridized carbons (Fsp3) is 0.300. The van der Waals surface area contributed by atoms with Crippen LogP contribution in [0.25, 0.3) is 0 Å². The summed E-state index contributed by atoms with van der Waals surface area (Å²) >= 11 is 0. The van der Waals surface area contributed by atoms with Gasteiger partial charge in [0.25, 0.3) is 0 Å². The maximum atomic E-state index is 12.3. The fourth-order valence-corrected chi connectivity index (χ4v) is 2.91. The highest BCUT2D eigenvalue weighted by molar-refractivity contribution is 5.77. The summed E-state index contributed by atoms with van der Waals surface area (Å²) in [6, 6.07) is 17.7. The van der Waals surface area contributed by atoms with Crippen molar-refractivity contribution in [3.63, 3.8) is 0 Å². The van der Waals surface area contributed by atoms with Crippen LogP contribution in [0.4, 0.5) is 4.79 Å². The van der Waals surface area contributed by atoms with Crippen LogP contribution in [0.2, 0.25) is 0 Å². The van der Waals surface area contributed by atoms with Crippen molar-refractivity contribution in [1.29, 1.82) is 0 Å². The highest BCUT2D eigenvalue weighted by Crippen LogP contribution is 2.18. The van der Waals surface area contributed by atoms with Crippen molar-refractivity contribution in [3.05, 3.63) is 71.3 Å². The van der Waals surface area contributed by atoms with Crippen LogP contribution in [0.3, 0.4) is 0 Å². The number of hydrogen-bond acceptors (Lipinski definition) is 3. The van der Waals surface area contributed by atoms with Crippen LogP contribution in [-0.2, 0) is 29.1 Å². The molecule has 0 aliphatic carbocycles. The molecule has 1 aliphatic rings. The lowest BCUT2D eigenvalue weighted by Crippen LogP contribution is -2.38. The smallest absolute Gasteiger partial charge is 0.407 e. The van der Waals surface area contributed by atoms with E-state index in [1.807, 2.05) is 47.4 Å². The minimum absolute atomic E-state index is 0.0536. The van der Waals surface area contributed by atoms with Gasteiger partial charge >= 0.3 is 6.09 Å². The van der Waals surface area contributed by atoms with E-state index in [9.17, 15) is 9.59 Å². The molecule has 0 unspecified atom stereocenters. The third-order valence-corrected chi connectivity index (χ3v) is 4.30. The second kappa shape index (κ2) is 8.33. The molecule has 5 heteroatoms. The summed E-state index contributed by atoms with van der Waals surface area (Å²) in [6.07, 6.45) is 0.664. The number of nitrogens with zero attached hydrogens (tertiary/aromatic N) is 1. The summed E-state index contributed by atoms with van der Waals surface area (Å²) in [7, 11) is 0. The molecule has 0 fully saturated rings. The molecule has 0 atom stereocenters. The highest BCUT2D eigenvalue weighted by Gasteiger charge is 2.20. The molecule has 1 N–H and O–H groups in total. The molecule has 25 heavy (non-hydrogen) atoms. The molecule has 1 aliphatic heterocycles. The van der Waals surface area contributed by atoms with Crippen LogP contribution in [0.15, 0.2) is 54.6 Å². The molecule has 130 valence electrons. The predicted molar refractivity (Wildman–Crippen MR) is 94.8 cm³/mol. The van der Waals surface area contributed by atoms with E-state index in [1.165, 1.54) is 11.1 Å². The van der Waals surface area contributed by atoms with Gasteiger partial charge in [-0.2, -0.15) is 0 Å². The number of alkyl carbamates (subject to hydrolysis) is 1. The summed E-state index contributed by atoms with van der Waals surface area (Å²) in [5, 5.41) is 2.63. The number of carbonyl (C=O) groups excluding carboxylic acids is 2. The van der Waals surface area contributed by atoms with E-state index in [2.05, 4.69) is 17.4 Å². The topological polar surface area (TPSA) is 58.6 Å². The molecule has 2 amide bonds. The Morgan fingerprint density at radius 3 is 2.52 bits per heavy atom. The van der Waals surface area contributed by atoms with E-state index in [0.29, 0.717) is 6.54 Å². The first-order valence-electron chi connectivity index (χ1n) is 8.51. The molecular formula is C20H22N2O3. The summed E-state index contributed by atoms with van der Waals surface area (Å²) < 4.78 is 5.13. The molecule has 0 radical (unpaired) electrons. The van der Waals surface area contributed by atoms with Crippen molar-refractivity contribution in [2.75, 3.05) is 13.1 Å². The average molecular weight is 338 g/mol. The van der Waals surface area contributed by atoms with Gasteiger partial charge < -0.3 is 15.0 Å². The van der Waals surface area contributed by atoms with Gasteiger partial charge in [-0.3, -0.25) is 4.79 Å². The standard InChI is InChI=1S/C20H22N2O3/c23-19(22-13-11-17-8-4-5-9-18(17)14-22)10-12-21-20(24)25-15-16-6-2-1-3-7-16/h1-9H,10-15H2,(H,21,24). The molecule has 2 aromatic carbocycles. The van der Waals surface area contributed by atoms with Gasteiger partial charge in [0.2, 0.25) is 5.91 Å². The molecule has 3 rings (SSSR count). The Labute approximate surface area is 147 Å². The van der Waals surface area contributed by atoms with Gasteiger partial charge in [0.05, 0.1) is 0 Å². The van der Waals surface area contributed by atoms with Crippen LogP contribution in [0.1, 0.15) is 23.1 Å². The number of rotatable bonds is 5. The molecule has 0 aromatic heterocycles. The van der Waals surface area contributed by atoms with Gasteiger partial charge in [-0.25, -0.2) is 4.79 Å². The van der Waals surface area contributed by atoms with Gasteiger partial charge in [-0.1, -0.05) is 54.6 Å². The molecule has 5 nitrogen and oxygen atoms in total. The van der Waals surface area contributed by atoms with Gasteiger partial charge in [0.15, 0.2) is 0 Å². The van der Waals surface area contributed by atoms with Crippen molar-refractivity contribution >= 4 is 12.0 Å². The molecule has 2 aromatic rings. The Hall–Kier alpha value is -2.82. The van der Waals surface area contributed by atoms with E-state index in [1.54, 1.807) is 0 Å². The Morgan fingerprint density at radius 1 is 1.00 bits per heavy atom. The SMILES string of the molecule is O=C(NCCC(=O)N1CCc2ccccc2C1)OCc1ccccc1. The highest BCUT2D eigenvalue weighted by atomic mass is 16.5. The lowest BCUT2D eigenvalue weighted by atomic mass is 10.00. The van der Waals surface area contributed by atoms with Crippen LogP contribution < -0.4 is 5.32 Å². The maximum Gasteiger partial charge on any atom is 0.407 e. The Bertz CT molecular complexity index is 731. The van der Waals surface area contributed by atoms with Gasteiger partial charge in [-0.05, 0) is 23.1 Å². The number of fused-ring (bicyclic) bond motifs is 1. The van der Waals surface area contributed by atoms with Crippen LogP contribution in [0.5, 0.6) is 0 Å². The number of ether oxygens (including phenoxy) is 1. The Balaban J connectivity index is 1.37. The predicted octanol–water partition coefficient (Wildman–Crippen LogP) is 2.89. The summed E-state index contributed by atoms with van der Waals surface area (Å²) in [6.45, 7) is 1.88. The largest absolute Gasteiger partial charge is 0.445 e. The number of carbonyl (C=O) groups is 2. The first-order valence-corrected chi connectivity index (χ1v) is 8.51. The normalized spacial score (nSPS) is 13.0. The number of hydrogen-bond donors (Lipinski definition) is 1.